The molecule has 0 atom stereocenters. The third-order valence-electron chi connectivity index (χ3n) is 2.06. The van der Waals surface area contributed by atoms with Crippen molar-refractivity contribution >= 4 is 29.1 Å². The summed E-state index contributed by atoms with van der Waals surface area (Å²) in [6.07, 6.45) is -0.481. The predicted molar refractivity (Wildman–Crippen MR) is 80.1 cm³/mol. The van der Waals surface area contributed by atoms with E-state index in [0.29, 0.717) is 10.7 Å². The summed E-state index contributed by atoms with van der Waals surface area (Å²) in [5, 5.41) is 6.50. The molecule has 0 bridgehead atoms. The average molecular weight is 285 g/mol. The highest BCUT2D eigenvalue weighted by atomic mass is 35.5. The summed E-state index contributed by atoms with van der Waals surface area (Å²) in [5.74, 6) is 0. The van der Waals surface area contributed by atoms with E-state index < -0.39 is 11.7 Å². The molecule has 0 saturated heterocycles. The number of ether oxygens (including phenoxy) is 1. The van der Waals surface area contributed by atoms with Crippen molar-refractivity contribution < 1.29 is 9.53 Å². The maximum absolute atomic E-state index is 11.7. The summed E-state index contributed by atoms with van der Waals surface area (Å²) in [6, 6.07) is 5.51. The van der Waals surface area contributed by atoms with Crippen LogP contribution in [0.25, 0.3) is 0 Å². The van der Waals surface area contributed by atoms with Crippen molar-refractivity contribution in [2.24, 2.45) is 0 Å². The van der Waals surface area contributed by atoms with Crippen LogP contribution >= 0.6 is 11.6 Å². The normalized spacial score (nSPS) is 11.3. The molecule has 19 heavy (non-hydrogen) atoms. The Bertz CT molecular complexity index is 453. The van der Waals surface area contributed by atoms with Gasteiger partial charge in [-0.25, -0.2) is 4.79 Å². The van der Waals surface area contributed by atoms with E-state index >= 15 is 0 Å². The van der Waals surface area contributed by atoms with Gasteiger partial charge in [0.05, 0.1) is 10.7 Å². The van der Waals surface area contributed by atoms with Gasteiger partial charge >= 0.3 is 6.09 Å². The molecule has 1 rings (SSSR count). The Morgan fingerprint density at radius 2 is 1.95 bits per heavy atom. The Kier molecular flexibility index (Phi) is 5.06. The molecule has 0 fully saturated rings. The highest BCUT2D eigenvalue weighted by molar-refractivity contribution is 6.33. The van der Waals surface area contributed by atoms with E-state index in [-0.39, 0.29) is 6.04 Å². The first-order valence-corrected chi connectivity index (χ1v) is 6.61. The van der Waals surface area contributed by atoms with Crippen LogP contribution in [0.3, 0.4) is 0 Å². The van der Waals surface area contributed by atoms with Crippen LogP contribution in [0.4, 0.5) is 16.2 Å². The van der Waals surface area contributed by atoms with Crippen LogP contribution in [0.5, 0.6) is 0 Å². The number of hydrogen-bond acceptors (Lipinski definition) is 3. The molecule has 0 aliphatic rings. The van der Waals surface area contributed by atoms with Crippen LogP contribution in [0, 0.1) is 0 Å². The van der Waals surface area contributed by atoms with E-state index in [4.69, 9.17) is 16.3 Å². The minimum atomic E-state index is -0.518. The van der Waals surface area contributed by atoms with Gasteiger partial charge in [-0.05, 0) is 52.8 Å². The lowest BCUT2D eigenvalue weighted by atomic mass is 10.2. The van der Waals surface area contributed by atoms with E-state index in [1.54, 1.807) is 18.2 Å². The van der Waals surface area contributed by atoms with Gasteiger partial charge in [0, 0.05) is 11.7 Å². The second kappa shape index (κ2) is 6.15. The molecule has 0 aromatic heterocycles. The molecule has 0 aliphatic heterocycles. The average Bonchev–Trinajstić information content (AvgIpc) is 2.19. The van der Waals surface area contributed by atoms with Gasteiger partial charge in [0.15, 0.2) is 0 Å². The second-order valence-corrected chi connectivity index (χ2v) is 6.03. The number of anilines is 2. The van der Waals surface area contributed by atoms with Crippen molar-refractivity contribution in [1.82, 2.24) is 0 Å². The lowest BCUT2D eigenvalue weighted by Crippen LogP contribution is -2.27. The topological polar surface area (TPSA) is 50.4 Å². The molecule has 0 unspecified atom stereocenters. The molecule has 1 amide bonds. The molecular formula is C14H21ClN2O2. The van der Waals surface area contributed by atoms with Crippen molar-refractivity contribution in [3.63, 3.8) is 0 Å². The van der Waals surface area contributed by atoms with E-state index in [9.17, 15) is 4.79 Å². The molecule has 106 valence electrons. The fourth-order valence-corrected chi connectivity index (χ4v) is 1.62. The monoisotopic (exact) mass is 284 g/mol. The number of amides is 1. The number of hydrogen-bond donors (Lipinski definition) is 2. The Balaban J connectivity index is 2.77. The molecule has 0 aliphatic carbocycles. The van der Waals surface area contributed by atoms with Gasteiger partial charge in [0.1, 0.15) is 5.60 Å². The SMILES string of the molecule is CC(C)Nc1cc(NC(=O)OC(C)(C)C)ccc1Cl. The van der Waals surface area contributed by atoms with Crippen LogP contribution in [-0.4, -0.2) is 17.7 Å². The summed E-state index contributed by atoms with van der Waals surface area (Å²) < 4.78 is 5.19. The van der Waals surface area contributed by atoms with E-state index in [1.807, 2.05) is 34.6 Å². The summed E-state index contributed by atoms with van der Waals surface area (Å²) in [5.41, 5.74) is 0.905. The number of rotatable bonds is 3. The van der Waals surface area contributed by atoms with E-state index in [0.717, 1.165) is 5.69 Å². The first-order valence-electron chi connectivity index (χ1n) is 6.23. The summed E-state index contributed by atoms with van der Waals surface area (Å²) in [6.45, 7) is 9.50. The zero-order valence-electron chi connectivity index (χ0n) is 12.0. The first kappa shape index (κ1) is 15.6. The molecule has 4 nitrogen and oxygen atoms in total. The van der Waals surface area contributed by atoms with Crippen molar-refractivity contribution in [2.45, 2.75) is 46.3 Å². The zero-order chi connectivity index (χ0) is 14.6. The fourth-order valence-electron chi connectivity index (χ4n) is 1.45. The third kappa shape index (κ3) is 5.83. The lowest BCUT2D eigenvalue weighted by Gasteiger charge is -2.20. The molecule has 1 aromatic rings. The van der Waals surface area contributed by atoms with E-state index in [2.05, 4.69) is 10.6 Å². The molecule has 0 saturated carbocycles. The largest absolute Gasteiger partial charge is 0.444 e. The lowest BCUT2D eigenvalue weighted by molar-refractivity contribution is 0.0636. The van der Waals surface area contributed by atoms with Crippen molar-refractivity contribution in [2.75, 3.05) is 10.6 Å². The molecule has 0 spiro atoms. The van der Waals surface area contributed by atoms with Crippen molar-refractivity contribution in [1.29, 1.82) is 0 Å². The van der Waals surface area contributed by atoms with Crippen molar-refractivity contribution in [3.8, 4) is 0 Å². The number of nitrogens with one attached hydrogen (secondary N) is 2. The maximum Gasteiger partial charge on any atom is 0.412 e. The number of carbonyl (C=O) groups excluding carboxylic acids is 1. The molecule has 1 aromatic carbocycles. The van der Waals surface area contributed by atoms with Gasteiger partial charge in [0.25, 0.3) is 0 Å². The summed E-state index contributed by atoms with van der Waals surface area (Å²) in [4.78, 5) is 11.7. The fraction of sp³-hybridized carbons (Fsp3) is 0.500. The Morgan fingerprint density at radius 1 is 1.32 bits per heavy atom. The smallest absolute Gasteiger partial charge is 0.412 e. The Morgan fingerprint density at radius 3 is 2.47 bits per heavy atom. The van der Waals surface area contributed by atoms with Gasteiger partial charge in [0.2, 0.25) is 0 Å². The third-order valence-corrected chi connectivity index (χ3v) is 2.39. The van der Waals surface area contributed by atoms with Crippen LogP contribution in [0.1, 0.15) is 34.6 Å². The van der Waals surface area contributed by atoms with Gasteiger partial charge in [-0.3, -0.25) is 5.32 Å². The number of carbonyl (C=O) groups is 1. The molecule has 5 heteroatoms. The first-order chi connectivity index (χ1) is 8.67. The van der Waals surface area contributed by atoms with Gasteiger partial charge in [-0.1, -0.05) is 11.6 Å². The van der Waals surface area contributed by atoms with Gasteiger partial charge in [-0.15, -0.1) is 0 Å². The second-order valence-electron chi connectivity index (χ2n) is 5.62. The minimum absolute atomic E-state index is 0.259. The highest BCUT2D eigenvalue weighted by Crippen LogP contribution is 2.26. The zero-order valence-corrected chi connectivity index (χ0v) is 12.8. The van der Waals surface area contributed by atoms with Crippen LogP contribution in [0.2, 0.25) is 5.02 Å². The molecular weight excluding hydrogens is 264 g/mol. The Labute approximate surface area is 119 Å². The quantitative estimate of drug-likeness (QED) is 0.859. The Hall–Kier alpha value is -1.42. The molecule has 0 radical (unpaired) electrons. The van der Waals surface area contributed by atoms with E-state index in [1.165, 1.54) is 0 Å². The molecule has 0 heterocycles. The molecule has 2 N–H and O–H groups in total. The van der Waals surface area contributed by atoms with Crippen LogP contribution < -0.4 is 10.6 Å². The summed E-state index contributed by atoms with van der Waals surface area (Å²) in [7, 11) is 0. The number of halogens is 1. The minimum Gasteiger partial charge on any atom is -0.444 e. The highest BCUT2D eigenvalue weighted by Gasteiger charge is 2.16. The predicted octanol–water partition coefficient (Wildman–Crippen LogP) is 4.51. The van der Waals surface area contributed by atoms with Gasteiger partial charge < -0.3 is 10.1 Å². The van der Waals surface area contributed by atoms with Gasteiger partial charge in [-0.2, -0.15) is 0 Å². The van der Waals surface area contributed by atoms with Crippen molar-refractivity contribution in [3.05, 3.63) is 23.2 Å². The number of benzene rings is 1. The maximum atomic E-state index is 11.7. The standard InChI is InChI=1S/C14H21ClN2O2/c1-9(2)16-12-8-10(6-7-11(12)15)17-13(18)19-14(3,4)5/h6-9,16H,1-5H3,(H,17,18). The van der Waals surface area contributed by atoms with Crippen LogP contribution in [-0.2, 0) is 4.74 Å². The van der Waals surface area contributed by atoms with Crippen LogP contribution in [0.15, 0.2) is 18.2 Å². The summed E-state index contributed by atoms with van der Waals surface area (Å²) >= 11 is 6.08.